The van der Waals surface area contributed by atoms with Crippen molar-refractivity contribution in [3.8, 4) is 34.1 Å². The molecule has 0 saturated heterocycles. The number of hydrogen-bond acceptors (Lipinski definition) is 0. The van der Waals surface area contributed by atoms with Crippen LogP contribution < -0.4 is 15.9 Å². The summed E-state index contributed by atoms with van der Waals surface area (Å²) in [5.74, 6) is 5.41. The van der Waals surface area contributed by atoms with Crippen LogP contribution in [0.1, 0.15) is 82.3 Å². The van der Waals surface area contributed by atoms with Gasteiger partial charge in [0, 0.05) is 0 Å². The predicted molar refractivity (Wildman–Crippen MR) is 362 cm³/mol. The molecule has 0 radical (unpaired) electrons. The fraction of sp³-hybridized carbons (Fsp3) is 0.0976. The molecule has 11 aromatic carbocycles. The quantitative estimate of drug-likeness (QED) is 0.0254. The van der Waals surface area contributed by atoms with Gasteiger partial charge in [0.25, 0.3) is 0 Å². The molecule has 0 heterocycles. The summed E-state index contributed by atoms with van der Waals surface area (Å²) in [4.78, 5) is 0. The van der Waals surface area contributed by atoms with E-state index in [0.29, 0.717) is 0 Å². The van der Waals surface area contributed by atoms with Crippen LogP contribution in [0.25, 0.3) is 22.3 Å². The third-order valence-corrected chi connectivity index (χ3v) is 22.6. The molecule has 0 fully saturated rings. The normalized spacial score (nSPS) is 13.0. The molecule has 2 aliphatic rings. The number of rotatable bonds is 14. The number of hydrogen-bond donors (Lipinski definition) is 0. The Balaban J connectivity index is 0.000000152. The maximum absolute atomic E-state index is 7.97. The molecule has 0 amide bonds. The van der Waals surface area contributed by atoms with Crippen LogP contribution in [0, 0.1) is 24.7 Å². The Kier molecular flexibility index (Phi) is 22.0. The maximum atomic E-state index is 7.97. The van der Waals surface area contributed by atoms with Crippen molar-refractivity contribution in [3.05, 3.63) is 389 Å². The Bertz CT molecular complexity index is 3800. The molecular formula is C82H68Au2P2+2. The first-order valence-corrected chi connectivity index (χ1v) is 32.7. The molecule has 0 bridgehead atoms. The summed E-state index contributed by atoms with van der Waals surface area (Å²) >= 11 is 0. The summed E-state index contributed by atoms with van der Waals surface area (Å²) in [5, 5.41) is 6.13. The van der Waals surface area contributed by atoms with Gasteiger partial charge in [-0.2, -0.15) is 0 Å². The fourth-order valence-corrected chi connectivity index (χ4v) is 18.7. The van der Waals surface area contributed by atoms with Gasteiger partial charge in [0.15, 0.2) is 0 Å². The Morgan fingerprint density at radius 2 is 0.674 bits per heavy atom. The van der Waals surface area contributed by atoms with Gasteiger partial charge in [-0.15, -0.1) is 23.3 Å². The first-order valence-electron chi connectivity index (χ1n) is 29.3. The zero-order valence-corrected chi connectivity index (χ0v) is 54.8. The van der Waals surface area contributed by atoms with E-state index in [4.69, 9.17) is 12.8 Å². The van der Waals surface area contributed by atoms with Gasteiger partial charge in [-0.05, 0) is 131 Å². The van der Waals surface area contributed by atoms with Gasteiger partial charge in [-0.25, -0.2) is 0 Å². The van der Waals surface area contributed by atoms with Crippen LogP contribution in [0.3, 0.4) is 0 Å². The second-order valence-corrected chi connectivity index (χ2v) is 26.5. The molecule has 0 aromatic heterocycles. The van der Waals surface area contributed by atoms with Gasteiger partial charge in [-0.1, -0.05) is 266 Å². The van der Waals surface area contributed by atoms with E-state index in [-0.39, 0.29) is 44.8 Å². The average molecular weight is 1510 g/mol. The molecular weight excluding hydrogens is 1440 g/mol. The minimum Gasteiger partial charge on any atom is -0.366 e. The van der Waals surface area contributed by atoms with Crippen molar-refractivity contribution in [1.29, 1.82) is 0 Å². The molecule has 11 aromatic rings. The molecule has 0 aliphatic heterocycles. The first kappa shape index (κ1) is 62.9. The second kappa shape index (κ2) is 30.1. The average Bonchev–Trinajstić information content (AvgIpc) is 1.57. The molecule has 1 atom stereocenters. The summed E-state index contributed by atoms with van der Waals surface area (Å²) in [5.41, 5.74) is 15.3. The minimum absolute atomic E-state index is 0. The molecule has 2 aliphatic carbocycles. The van der Waals surface area contributed by atoms with E-state index in [2.05, 4.69) is 317 Å². The number of fused-ring (bicyclic) bond motifs is 6. The van der Waals surface area contributed by atoms with Gasteiger partial charge < -0.3 is 12.8 Å². The van der Waals surface area contributed by atoms with Crippen LogP contribution in [0.5, 0.6) is 0 Å². The molecule has 86 heavy (non-hydrogen) atoms. The summed E-state index contributed by atoms with van der Waals surface area (Å²) in [6.45, 7) is 4.32. The fourth-order valence-electron chi connectivity index (χ4n) is 13.2. The van der Waals surface area contributed by atoms with Crippen molar-refractivity contribution in [3.63, 3.8) is 0 Å². The molecule has 4 heteroatoms. The van der Waals surface area contributed by atoms with Crippen LogP contribution in [-0.2, 0) is 55.6 Å². The molecule has 0 nitrogen and oxygen atoms in total. The minimum atomic E-state index is -0.714. The summed E-state index contributed by atoms with van der Waals surface area (Å²) in [7, 11) is -1.43. The molecule has 426 valence electrons. The summed E-state index contributed by atoms with van der Waals surface area (Å²) in [6, 6.07) is 106. The van der Waals surface area contributed by atoms with Crippen LogP contribution >= 0.6 is 15.8 Å². The molecule has 13 rings (SSSR count). The molecule has 1 unspecified atom stereocenters. The van der Waals surface area contributed by atoms with E-state index in [1.165, 1.54) is 102 Å². The Labute approximate surface area is 545 Å². The van der Waals surface area contributed by atoms with Gasteiger partial charge in [-0.3, -0.25) is 11.8 Å². The van der Waals surface area contributed by atoms with Crippen molar-refractivity contribution in [2.45, 2.75) is 37.5 Å². The molecule has 0 spiro atoms. The van der Waals surface area contributed by atoms with Crippen molar-refractivity contribution < 1.29 is 44.8 Å². The summed E-state index contributed by atoms with van der Waals surface area (Å²) in [6.07, 6.45) is 28.0. The number of benzene rings is 11. The largest absolute Gasteiger partial charge is 1.00 e. The van der Waals surface area contributed by atoms with Crippen molar-refractivity contribution in [2.75, 3.05) is 12.3 Å². The molecule has 0 N–H and O–H groups in total. The van der Waals surface area contributed by atoms with Gasteiger partial charge in [0.1, 0.15) is 0 Å². The SMILES string of the molecule is C/C=C\C(=C/C)[PH+](CCCC[PH+](c1ccccc1)c1ccccc1)c1ccccc1.[Au+].[Au+].[C-]#Cc1cccc2c1C(c1ccccc1)(c1ccccc1)c1ccccc1-2.[C-]#Cc1cccc2c1C(c1ccccc1)(c1ccccc1)c1ccccc1-2. The Hall–Kier alpha value is -7.64. The maximum Gasteiger partial charge on any atom is 1.00 e. The smallest absolute Gasteiger partial charge is 0.366 e. The van der Waals surface area contributed by atoms with Crippen molar-refractivity contribution in [1.82, 2.24) is 0 Å². The zero-order chi connectivity index (χ0) is 57.6. The Morgan fingerprint density at radius 1 is 0.360 bits per heavy atom. The zero-order valence-electron chi connectivity index (χ0n) is 48.5. The number of unbranched alkanes of at least 4 members (excludes halogenated alkanes) is 1. The first-order chi connectivity index (χ1) is 41.6. The standard InChI is InChI=1S/C28H32P2.2C27H17.2Au/c1-3-16-25(4-2)29(26-17-8-5-9-18-26)23-14-15-24-30(27-19-10-6-11-20-27)28-21-12-7-13-22-28;2*1-2-20-12-11-18-24-23-17-9-10-19-25(23)27(26(20)24,21-13-5-3-6-14-21)22-15-7-4-8-16-22;;/h3-13,16-22H,14-15,23-24H2,1-2H3;2*3-19H;;/q;2*-1;2*+1/p+2/b16-3-,25-4+;;;;. The van der Waals surface area contributed by atoms with E-state index >= 15 is 0 Å². The summed E-state index contributed by atoms with van der Waals surface area (Å²) < 4.78 is 0. The predicted octanol–water partition coefficient (Wildman–Crippen LogP) is 18.6. The van der Waals surface area contributed by atoms with E-state index in [1.807, 2.05) is 24.3 Å². The van der Waals surface area contributed by atoms with E-state index in [0.717, 1.165) is 22.3 Å². The van der Waals surface area contributed by atoms with Crippen LogP contribution in [0.2, 0.25) is 0 Å². The van der Waals surface area contributed by atoms with Crippen LogP contribution in [0.15, 0.2) is 321 Å². The Morgan fingerprint density at radius 3 is 1.02 bits per heavy atom. The third kappa shape index (κ3) is 12.5. The van der Waals surface area contributed by atoms with E-state index in [1.54, 1.807) is 0 Å². The van der Waals surface area contributed by atoms with Gasteiger partial charge in [0.2, 0.25) is 0 Å². The van der Waals surface area contributed by atoms with Gasteiger partial charge >= 0.3 is 44.8 Å². The monoisotopic (exact) mass is 1510 g/mol. The van der Waals surface area contributed by atoms with Crippen LogP contribution in [-0.4, -0.2) is 12.3 Å². The van der Waals surface area contributed by atoms with Crippen LogP contribution in [0.4, 0.5) is 0 Å². The molecule has 0 saturated carbocycles. The topological polar surface area (TPSA) is 0 Å². The van der Waals surface area contributed by atoms with E-state index in [9.17, 15) is 0 Å². The van der Waals surface area contributed by atoms with Gasteiger partial charge in [0.05, 0.1) is 60.2 Å². The number of allylic oxidation sites excluding steroid dienone is 4. The van der Waals surface area contributed by atoms with Crippen molar-refractivity contribution >= 4 is 31.8 Å². The van der Waals surface area contributed by atoms with Crippen molar-refractivity contribution in [2.24, 2.45) is 0 Å². The van der Waals surface area contributed by atoms with E-state index < -0.39 is 26.7 Å². The second-order valence-electron chi connectivity index (χ2n) is 21.3. The third-order valence-electron chi connectivity index (χ3n) is 16.7.